The summed E-state index contributed by atoms with van der Waals surface area (Å²) in [4.78, 5) is 12.8. The fourth-order valence-electron chi connectivity index (χ4n) is 5.65. The molecule has 0 amide bonds. The molecule has 2 aromatic rings. The molecule has 1 aromatic carbocycles. The second-order valence-corrected chi connectivity index (χ2v) is 9.53. The zero-order valence-electron chi connectivity index (χ0n) is 17.8. The van der Waals surface area contributed by atoms with Gasteiger partial charge in [-0.3, -0.25) is 14.6 Å². The van der Waals surface area contributed by atoms with Crippen LogP contribution >= 0.6 is 0 Å². The Morgan fingerprint density at radius 1 is 1.28 bits per heavy atom. The van der Waals surface area contributed by atoms with Crippen LogP contribution < -0.4 is 20.9 Å². The number of rotatable bonds is 2. The van der Waals surface area contributed by atoms with Crippen LogP contribution in [0.15, 0.2) is 4.79 Å². The molecule has 1 fully saturated rings. The van der Waals surface area contributed by atoms with Crippen LogP contribution in [0, 0.1) is 0 Å². The van der Waals surface area contributed by atoms with Gasteiger partial charge < -0.3 is 9.84 Å². The maximum absolute atomic E-state index is 12.8. The number of H-pyrrole nitrogens is 1. The number of hydrogen-bond donors (Lipinski definition) is 2. The summed E-state index contributed by atoms with van der Waals surface area (Å²) >= 11 is 0. The first-order chi connectivity index (χ1) is 13.8. The lowest BCUT2D eigenvalue weighted by molar-refractivity contribution is 0.0825. The minimum absolute atomic E-state index is 0.0723. The number of aromatic amines is 1. The molecule has 5 rings (SSSR count). The number of ether oxygens (including phenoxy) is 1. The van der Waals surface area contributed by atoms with Crippen molar-refractivity contribution in [3.63, 3.8) is 0 Å². The lowest BCUT2D eigenvalue weighted by Crippen LogP contribution is -2.36. The predicted octanol–water partition coefficient (Wildman–Crippen LogP) is 2.91. The third-order valence-corrected chi connectivity index (χ3v) is 7.06. The highest BCUT2D eigenvalue weighted by molar-refractivity contribution is 5.73. The van der Waals surface area contributed by atoms with Crippen molar-refractivity contribution in [1.29, 1.82) is 0 Å². The molecule has 2 bridgehead atoms. The van der Waals surface area contributed by atoms with E-state index in [-0.39, 0.29) is 11.2 Å². The largest absolute Gasteiger partial charge is 0.507 e. The third kappa shape index (κ3) is 2.70. The van der Waals surface area contributed by atoms with E-state index in [1.807, 2.05) is 12.2 Å². The molecule has 0 spiro atoms. The van der Waals surface area contributed by atoms with Gasteiger partial charge in [-0.1, -0.05) is 13.0 Å². The molecule has 29 heavy (non-hydrogen) atoms. The van der Waals surface area contributed by atoms with E-state index < -0.39 is 0 Å². The van der Waals surface area contributed by atoms with Gasteiger partial charge in [-0.25, -0.2) is 0 Å². The molecule has 3 aliphatic rings. The summed E-state index contributed by atoms with van der Waals surface area (Å²) in [5.74, 6) is 2.28. The molecule has 5 heteroatoms. The van der Waals surface area contributed by atoms with Gasteiger partial charge in [0.25, 0.3) is 5.56 Å². The van der Waals surface area contributed by atoms with Crippen LogP contribution in [-0.4, -0.2) is 20.5 Å². The predicted molar refractivity (Wildman–Crippen MR) is 114 cm³/mol. The van der Waals surface area contributed by atoms with Crippen molar-refractivity contribution < 1.29 is 9.84 Å². The molecule has 2 heterocycles. The van der Waals surface area contributed by atoms with E-state index in [0.29, 0.717) is 22.8 Å². The number of nitrogens with one attached hydrogen (secondary N) is 1. The Morgan fingerprint density at radius 2 is 2.00 bits per heavy atom. The van der Waals surface area contributed by atoms with E-state index in [9.17, 15) is 9.90 Å². The second kappa shape index (κ2) is 6.28. The number of aromatic hydroxyl groups is 1. The second-order valence-electron chi connectivity index (χ2n) is 9.53. The Kier molecular flexibility index (Phi) is 4.03. The number of benzene rings is 1. The Morgan fingerprint density at radius 3 is 2.72 bits per heavy atom. The van der Waals surface area contributed by atoms with Gasteiger partial charge in [0.05, 0.1) is 10.6 Å². The topological polar surface area (TPSA) is 67.2 Å². The Balaban J connectivity index is 1.84. The first-order valence-corrected chi connectivity index (χ1v) is 10.9. The van der Waals surface area contributed by atoms with Crippen LogP contribution in [0.4, 0.5) is 0 Å². The highest BCUT2D eigenvalue weighted by Crippen LogP contribution is 2.61. The summed E-state index contributed by atoms with van der Waals surface area (Å²) in [7, 11) is 1.73. The Hall–Kier alpha value is -2.43. The zero-order chi connectivity index (χ0) is 20.5. The highest BCUT2D eigenvalue weighted by Gasteiger charge is 2.45. The van der Waals surface area contributed by atoms with Crippen molar-refractivity contribution in [3.05, 3.63) is 43.2 Å². The van der Waals surface area contributed by atoms with E-state index in [4.69, 9.17) is 4.74 Å². The van der Waals surface area contributed by atoms with Crippen LogP contribution in [0.2, 0.25) is 0 Å². The van der Waals surface area contributed by atoms with Crippen molar-refractivity contribution >= 4 is 12.2 Å². The molecule has 2 aliphatic carbocycles. The van der Waals surface area contributed by atoms with Gasteiger partial charge in [-0.05, 0) is 70.3 Å². The van der Waals surface area contributed by atoms with Crippen LogP contribution in [0.25, 0.3) is 12.2 Å². The van der Waals surface area contributed by atoms with Gasteiger partial charge >= 0.3 is 0 Å². The van der Waals surface area contributed by atoms with Crippen LogP contribution in [-0.2, 0) is 13.5 Å². The molecule has 2 atom stereocenters. The van der Waals surface area contributed by atoms with E-state index >= 15 is 0 Å². The summed E-state index contributed by atoms with van der Waals surface area (Å²) in [6.45, 7) is 6.33. The van der Waals surface area contributed by atoms with E-state index in [1.165, 1.54) is 16.7 Å². The molecule has 2 N–H and O–H groups in total. The van der Waals surface area contributed by atoms with Gasteiger partial charge in [0.1, 0.15) is 17.1 Å². The third-order valence-electron chi connectivity index (χ3n) is 7.06. The maximum Gasteiger partial charge on any atom is 0.274 e. The fraction of sp³-hybridized carbons (Fsp3) is 0.542. The van der Waals surface area contributed by atoms with Crippen molar-refractivity contribution in [1.82, 2.24) is 9.78 Å². The lowest BCUT2D eigenvalue weighted by Gasteiger charge is -2.36. The summed E-state index contributed by atoms with van der Waals surface area (Å²) in [5.41, 5.74) is 3.90. The van der Waals surface area contributed by atoms with E-state index in [2.05, 4.69) is 25.9 Å². The zero-order valence-corrected chi connectivity index (χ0v) is 17.8. The van der Waals surface area contributed by atoms with Gasteiger partial charge in [0.15, 0.2) is 0 Å². The number of nitrogens with zero attached hydrogens (tertiary/aromatic N) is 1. The normalized spacial score (nSPS) is 25.2. The number of aryl methyl sites for hydroxylation is 1. The standard InChI is InChI=1S/C24H30N2O3/c1-5-6-18-17(23(28)26(4)25-18)12-16-15-9-10-24(2,3)29-22(15)20-14-8-7-13(11-14)19(20)21(16)27/h6,12-14,25,27H,5,7-11H2,1-4H3. The fourth-order valence-corrected chi connectivity index (χ4v) is 5.65. The number of hydrogen-bond acceptors (Lipinski definition) is 3. The van der Waals surface area contributed by atoms with Crippen molar-refractivity contribution in [3.8, 4) is 11.5 Å². The lowest BCUT2D eigenvalue weighted by atomic mass is 9.82. The first-order valence-electron chi connectivity index (χ1n) is 10.9. The first kappa shape index (κ1) is 18.6. The monoisotopic (exact) mass is 394 g/mol. The Labute approximate surface area is 170 Å². The summed E-state index contributed by atoms with van der Waals surface area (Å²) in [6.07, 6.45) is 9.92. The number of phenolic OH excluding ortho intramolecular Hbond substituents is 1. The van der Waals surface area contributed by atoms with Gasteiger partial charge in [-0.15, -0.1) is 0 Å². The van der Waals surface area contributed by atoms with Crippen molar-refractivity contribution in [2.45, 2.75) is 76.7 Å². The average Bonchev–Trinajstić information content (AvgIpc) is 3.35. The van der Waals surface area contributed by atoms with Gasteiger partial charge in [0, 0.05) is 29.3 Å². The number of phenols is 1. The van der Waals surface area contributed by atoms with Crippen LogP contribution in [0.1, 0.15) is 87.0 Å². The van der Waals surface area contributed by atoms with Crippen molar-refractivity contribution in [2.24, 2.45) is 7.05 Å². The van der Waals surface area contributed by atoms with Crippen molar-refractivity contribution in [2.75, 3.05) is 0 Å². The van der Waals surface area contributed by atoms with E-state index in [0.717, 1.165) is 59.9 Å². The molecular formula is C24H30N2O3. The molecule has 1 saturated carbocycles. The SMILES string of the molecule is CCC=c1[nH]n(C)c(=O)c1=Cc1c(O)c2c(c3c1CCC(C)(C)O3)C1CCC2C1. The minimum Gasteiger partial charge on any atom is -0.507 e. The van der Waals surface area contributed by atoms with Crippen LogP contribution in [0.3, 0.4) is 0 Å². The summed E-state index contributed by atoms with van der Waals surface area (Å²) in [6, 6.07) is 0. The van der Waals surface area contributed by atoms with Gasteiger partial charge in [0.2, 0.25) is 0 Å². The molecule has 1 aliphatic heterocycles. The molecule has 2 unspecified atom stereocenters. The van der Waals surface area contributed by atoms with Gasteiger partial charge in [-0.2, -0.15) is 0 Å². The highest BCUT2D eigenvalue weighted by atomic mass is 16.5. The van der Waals surface area contributed by atoms with Crippen LogP contribution in [0.5, 0.6) is 11.5 Å². The molecule has 0 radical (unpaired) electrons. The number of aromatic nitrogens is 2. The summed E-state index contributed by atoms with van der Waals surface area (Å²) in [5, 5.41) is 15.9. The maximum atomic E-state index is 12.8. The smallest absolute Gasteiger partial charge is 0.274 e. The minimum atomic E-state index is -0.206. The molecule has 0 saturated heterocycles. The molecular weight excluding hydrogens is 364 g/mol. The summed E-state index contributed by atoms with van der Waals surface area (Å²) < 4.78 is 8.04. The number of fused-ring (bicyclic) bond motifs is 7. The van der Waals surface area contributed by atoms with E-state index in [1.54, 1.807) is 7.05 Å². The molecule has 5 nitrogen and oxygen atoms in total. The molecule has 154 valence electrons. The Bertz CT molecular complexity index is 1180. The molecule has 1 aromatic heterocycles. The average molecular weight is 395 g/mol. The quantitative estimate of drug-likeness (QED) is 0.823.